The Morgan fingerprint density at radius 3 is 2.95 bits per heavy atom. The number of nitrogens with two attached hydrogens (primary N) is 1. The predicted octanol–water partition coefficient (Wildman–Crippen LogP) is 2.35. The van der Waals surface area contributed by atoms with Crippen molar-refractivity contribution >= 4 is 22.3 Å². The topological polar surface area (TPSA) is 45.4 Å². The fourth-order valence-electron chi connectivity index (χ4n) is 3.03. The highest BCUT2D eigenvalue weighted by Crippen LogP contribution is 2.32. The number of hydrogen-bond donors (Lipinski definition) is 1. The lowest BCUT2D eigenvalue weighted by Gasteiger charge is -2.38. The number of benzene rings is 1. The maximum atomic E-state index is 6.38. The van der Waals surface area contributed by atoms with Crippen molar-refractivity contribution in [3.8, 4) is 0 Å². The molecular formula is C16H22N4. The first-order valence-corrected chi connectivity index (χ1v) is 7.21. The standard InChI is InChI=1S/C16H22N4/c1-19(2)12-5-4-10-20(11-12)15-8-7-14-13(16(15)17)6-3-9-18-14/h3,6-9,12H,4-5,10-11,17H2,1-2H3. The van der Waals surface area contributed by atoms with Crippen molar-refractivity contribution < 1.29 is 0 Å². The van der Waals surface area contributed by atoms with Crippen LogP contribution in [-0.4, -0.2) is 43.1 Å². The largest absolute Gasteiger partial charge is 0.396 e. The lowest BCUT2D eigenvalue weighted by molar-refractivity contribution is 0.258. The molecule has 1 fully saturated rings. The third-order valence-electron chi connectivity index (χ3n) is 4.27. The normalized spacial score (nSPS) is 19.8. The molecule has 0 saturated carbocycles. The van der Waals surface area contributed by atoms with E-state index >= 15 is 0 Å². The van der Waals surface area contributed by atoms with E-state index in [2.05, 4.69) is 47.1 Å². The summed E-state index contributed by atoms with van der Waals surface area (Å²) in [5.74, 6) is 0. The van der Waals surface area contributed by atoms with Gasteiger partial charge in [-0.2, -0.15) is 0 Å². The van der Waals surface area contributed by atoms with Crippen LogP contribution in [0.4, 0.5) is 11.4 Å². The summed E-state index contributed by atoms with van der Waals surface area (Å²) in [6.45, 7) is 2.13. The number of piperidine rings is 1. The smallest absolute Gasteiger partial charge is 0.0724 e. The summed E-state index contributed by atoms with van der Waals surface area (Å²) in [4.78, 5) is 9.09. The highest BCUT2D eigenvalue weighted by atomic mass is 15.2. The highest BCUT2D eigenvalue weighted by molar-refractivity contribution is 5.97. The van der Waals surface area contributed by atoms with Gasteiger partial charge in [0, 0.05) is 30.7 Å². The van der Waals surface area contributed by atoms with Crippen molar-refractivity contribution in [1.82, 2.24) is 9.88 Å². The summed E-state index contributed by atoms with van der Waals surface area (Å²) in [5.41, 5.74) is 9.35. The average Bonchev–Trinajstić information content (AvgIpc) is 2.48. The second kappa shape index (κ2) is 5.29. The first kappa shape index (κ1) is 13.2. The summed E-state index contributed by atoms with van der Waals surface area (Å²) in [6.07, 6.45) is 4.29. The van der Waals surface area contributed by atoms with Crippen molar-refractivity contribution in [2.24, 2.45) is 0 Å². The number of pyridine rings is 1. The van der Waals surface area contributed by atoms with Crippen LogP contribution in [0.15, 0.2) is 30.5 Å². The van der Waals surface area contributed by atoms with Crippen molar-refractivity contribution in [2.75, 3.05) is 37.8 Å². The van der Waals surface area contributed by atoms with Crippen molar-refractivity contribution in [2.45, 2.75) is 18.9 Å². The molecular weight excluding hydrogens is 248 g/mol. The van der Waals surface area contributed by atoms with Crippen LogP contribution in [0.1, 0.15) is 12.8 Å². The van der Waals surface area contributed by atoms with E-state index in [0.717, 1.165) is 35.4 Å². The van der Waals surface area contributed by atoms with E-state index in [-0.39, 0.29) is 0 Å². The van der Waals surface area contributed by atoms with Gasteiger partial charge in [0.25, 0.3) is 0 Å². The monoisotopic (exact) mass is 270 g/mol. The van der Waals surface area contributed by atoms with Gasteiger partial charge in [-0.1, -0.05) is 0 Å². The Bertz CT molecular complexity index is 608. The molecule has 2 heterocycles. The maximum Gasteiger partial charge on any atom is 0.0724 e. The third-order valence-corrected chi connectivity index (χ3v) is 4.27. The lowest BCUT2D eigenvalue weighted by atomic mass is 10.0. The molecule has 1 aliphatic rings. The molecule has 0 aliphatic carbocycles. The Hall–Kier alpha value is -1.81. The summed E-state index contributed by atoms with van der Waals surface area (Å²) in [6, 6.07) is 8.78. The number of likely N-dealkylation sites (N-methyl/N-ethyl adjacent to an activating group) is 1. The quantitative estimate of drug-likeness (QED) is 0.851. The van der Waals surface area contributed by atoms with Crippen LogP contribution in [0, 0.1) is 0 Å². The lowest BCUT2D eigenvalue weighted by Crippen LogP contribution is -2.45. The SMILES string of the molecule is CN(C)C1CCCN(c2ccc3ncccc3c2N)C1. The van der Waals surface area contributed by atoms with Crippen LogP contribution in [0.25, 0.3) is 10.9 Å². The number of nitrogen functional groups attached to an aromatic ring is 1. The second-order valence-electron chi connectivity index (χ2n) is 5.77. The molecule has 1 atom stereocenters. The molecule has 0 spiro atoms. The minimum atomic E-state index is 0.604. The van der Waals surface area contributed by atoms with E-state index in [1.54, 1.807) is 0 Å². The molecule has 0 radical (unpaired) electrons. The van der Waals surface area contributed by atoms with E-state index in [9.17, 15) is 0 Å². The molecule has 1 unspecified atom stereocenters. The van der Waals surface area contributed by atoms with Crippen LogP contribution < -0.4 is 10.6 Å². The Morgan fingerprint density at radius 2 is 2.15 bits per heavy atom. The van der Waals surface area contributed by atoms with Crippen molar-refractivity contribution in [3.63, 3.8) is 0 Å². The highest BCUT2D eigenvalue weighted by Gasteiger charge is 2.23. The molecule has 4 heteroatoms. The van der Waals surface area contributed by atoms with Crippen LogP contribution in [0.5, 0.6) is 0 Å². The molecule has 1 aromatic heterocycles. The number of hydrogen-bond acceptors (Lipinski definition) is 4. The van der Waals surface area contributed by atoms with Gasteiger partial charge in [-0.15, -0.1) is 0 Å². The zero-order chi connectivity index (χ0) is 14.1. The van der Waals surface area contributed by atoms with Crippen LogP contribution in [0.2, 0.25) is 0 Å². The Balaban J connectivity index is 1.95. The Morgan fingerprint density at radius 1 is 1.30 bits per heavy atom. The molecule has 3 rings (SSSR count). The molecule has 1 saturated heterocycles. The number of aromatic nitrogens is 1. The minimum Gasteiger partial charge on any atom is -0.396 e. The fourth-order valence-corrected chi connectivity index (χ4v) is 3.03. The van der Waals surface area contributed by atoms with Gasteiger partial charge < -0.3 is 15.5 Å². The summed E-state index contributed by atoms with van der Waals surface area (Å²) < 4.78 is 0. The van der Waals surface area contributed by atoms with E-state index < -0.39 is 0 Å². The summed E-state index contributed by atoms with van der Waals surface area (Å²) >= 11 is 0. The van der Waals surface area contributed by atoms with Gasteiger partial charge in [0.2, 0.25) is 0 Å². The van der Waals surface area contributed by atoms with E-state index in [4.69, 9.17) is 5.73 Å². The summed E-state index contributed by atoms with van der Waals surface area (Å²) in [7, 11) is 4.31. The average molecular weight is 270 g/mol. The molecule has 2 N–H and O–H groups in total. The fraction of sp³-hybridized carbons (Fsp3) is 0.438. The van der Waals surface area contributed by atoms with Gasteiger partial charge in [-0.25, -0.2) is 0 Å². The first-order chi connectivity index (χ1) is 9.66. The van der Waals surface area contributed by atoms with Crippen molar-refractivity contribution in [3.05, 3.63) is 30.5 Å². The number of rotatable bonds is 2. The zero-order valence-electron chi connectivity index (χ0n) is 12.2. The molecule has 1 aliphatic heterocycles. The molecule has 2 aromatic rings. The Kier molecular flexibility index (Phi) is 3.49. The van der Waals surface area contributed by atoms with Crippen LogP contribution in [-0.2, 0) is 0 Å². The van der Waals surface area contributed by atoms with Gasteiger partial charge in [-0.3, -0.25) is 4.98 Å². The van der Waals surface area contributed by atoms with Gasteiger partial charge in [0.15, 0.2) is 0 Å². The second-order valence-corrected chi connectivity index (χ2v) is 5.77. The van der Waals surface area contributed by atoms with E-state index in [1.165, 1.54) is 12.8 Å². The van der Waals surface area contributed by atoms with Crippen LogP contribution >= 0.6 is 0 Å². The minimum absolute atomic E-state index is 0.604. The first-order valence-electron chi connectivity index (χ1n) is 7.21. The Labute approximate surface area is 120 Å². The van der Waals surface area contributed by atoms with Gasteiger partial charge >= 0.3 is 0 Å². The summed E-state index contributed by atoms with van der Waals surface area (Å²) in [5, 5.41) is 1.05. The van der Waals surface area contributed by atoms with Crippen molar-refractivity contribution in [1.29, 1.82) is 0 Å². The maximum absolute atomic E-state index is 6.38. The molecule has 1 aromatic carbocycles. The molecule has 4 nitrogen and oxygen atoms in total. The molecule has 0 bridgehead atoms. The van der Waals surface area contributed by atoms with Gasteiger partial charge in [0.1, 0.15) is 0 Å². The molecule has 20 heavy (non-hydrogen) atoms. The predicted molar refractivity (Wildman–Crippen MR) is 85.1 cm³/mol. The molecule has 0 amide bonds. The third kappa shape index (κ3) is 2.31. The van der Waals surface area contributed by atoms with Gasteiger partial charge in [-0.05, 0) is 51.2 Å². The zero-order valence-corrected chi connectivity index (χ0v) is 12.2. The number of nitrogens with zero attached hydrogens (tertiary/aromatic N) is 3. The van der Waals surface area contributed by atoms with E-state index in [0.29, 0.717) is 6.04 Å². The molecule has 106 valence electrons. The number of anilines is 2. The van der Waals surface area contributed by atoms with E-state index in [1.807, 2.05) is 12.3 Å². The number of fused-ring (bicyclic) bond motifs is 1. The van der Waals surface area contributed by atoms with Gasteiger partial charge in [0.05, 0.1) is 16.9 Å². The van der Waals surface area contributed by atoms with Crippen LogP contribution in [0.3, 0.4) is 0 Å².